The Morgan fingerprint density at radius 1 is 1.14 bits per heavy atom. The first-order chi connectivity index (χ1) is 10.3. The molecule has 1 aromatic carbocycles. The third kappa shape index (κ3) is 3.74. The predicted molar refractivity (Wildman–Crippen MR) is 84.5 cm³/mol. The Labute approximate surface area is 132 Å². The van der Waals surface area contributed by atoms with E-state index in [2.05, 4.69) is 32.3 Å². The van der Waals surface area contributed by atoms with Gasteiger partial charge in [0, 0.05) is 25.7 Å². The molecule has 1 aliphatic heterocycles. The van der Waals surface area contributed by atoms with Crippen molar-refractivity contribution in [1.82, 2.24) is 10.3 Å². The van der Waals surface area contributed by atoms with Gasteiger partial charge >= 0.3 is 0 Å². The number of aromatic nitrogens is 1. The van der Waals surface area contributed by atoms with Crippen LogP contribution in [0.2, 0.25) is 0 Å². The molecule has 1 aromatic heterocycles. The molecule has 0 atom stereocenters. The number of ether oxygens (including phenoxy) is 2. The molecule has 0 fully saturated rings. The Balaban J connectivity index is 1.66. The van der Waals surface area contributed by atoms with E-state index in [0.717, 1.165) is 46.7 Å². The van der Waals surface area contributed by atoms with Crippen LogP contribution in [0, 0.1) is 0 Å². The van der Waals surface area contributed by atoms with Gasteiger partial charge in [-0.15, -0.1) is 0 Å². The number of hydrogen-bond donors (Lipinski definition) is 1. The van der Waals surface area contributed by atoms with Crippen LogP contribution in [0.15, 0.2) is 41.0 Å². The van der Waals surface area contributed by atoms with E-state index >= 15 is 0 Å². The molecule has 0 amide bonds. The Hall–Kier alpha value is -1.59. The van der Waals surface area contributed by atoms with Gasteiger partial charge in [-0.2, -0.15) is 0 Å². The van der Waals surface area contributed by atoms with Gasteiger partial charge < -0.3 is 14.8 Å². The van der Waals surface area contributed by atoms with Crippen LogP contribution in [-0.4, -0.2) is 18.2 Å². The third-order valence-corrected chi connectivity index (χ3v) is 3.81. The van der Waals surface area contributed by atoms with E-state index in [1.54, 1.807) is 6.20 Å². The summed E-state index contributed by atoms with van der Waals surface area (Å²) in [6.45, 7) is 2.89. The highest BCUT2D eigenvalue weighted by Crippen LogP contribution is 2.38. The average Bonchev–Trinajstić information content (AvgIpc) is 2.74. The zero-order valence-corrected chi connectivity index (χ0v) is 13.2. The Kier molecular flexibility index (Phi) is 4.72. The second-order valence-electron chi connectivity index (χ2n) is 4.88. The number of nitrogens with one attached hydrogen (secondary N) is 1. The number of halogens is 1. The average molecular weight is 349 g/mol. The molecular weight excluding hydrogens is 332 g/mol. The molecule has 110 valence electrons. The highest BCUT2D eigenvalue weighted by Gasteiger charge is 2.15. The normalized spacial score (nSPS) is 13.8. The summed E-state index contributed by atoms with van der Waals surface area (Å²) in [4.78, 5) is 4.29. The number of fused-ring (bicyclic) bond motifs is 1. The summed E-state index contributed by atoms with van der Waals surface area (Å²) in [5.41, 5.74) is 2.19. The Morgan fingerprint density at radius 2 is 2.05 bits per heavy atom. The monoisotopic (exact) mass is 348 g/mol. The van der Waals surface area contributed by atoms with Crippen LogP contribution in [0.1, 0.15) is 17.7 Å². The highest BCUT2D eigenvalue weighted by molar-refractivity contribution is 9.10. The third-order valence-electron chi connectivity index (χ3n) is 3.22. The van der Waals surface area contributed by atoms with Crippen molar-refractivity contribution in [3.05, 3.63) is 52.3 Å². The minimum atomic E-state index is 0.697. The van der Waals surface area contributed by atoms with Crippen LogP contribution in [-0.2, 0) is 13.1 Å². The van der Waals surface area contributed by atoms with E-state index in [0.29, 0.717) is 13.2 Å². The van der Waals surface area contributed by atoms with Gasteiger partial charge in [0.05, 0.1) is 23.4 Å². The standard InChI is InChI=1S/C16H17BrN2O2/c17-14-8-12(9-15-16(14)21-7-3-6-20-15)10-18-11-13-4-1-2-5-19-13/h1-2,4-5,8-9,18H,3,6-7,10-11H2. The van der Waals surface area contributed by atoms with Crippen LogP contribution in [0.5, 0.6) is 11.5 Å². The summed E-state index contributed by atoms with van der Waals surface area (Å²) >= 11 is 3.56. The molecule has 1 N–H and O–H groups in total. The van der Waals surface area contributed by atoms with Gasteiger partial charge in [0.25, 0.3) is 0 Å². The van der Waals surface area contributed by atoms with Gasteiger partial charge in [0.2, 0.25) is 0 Å². The highest BCUT2D eigenvalue weighted by atomic mass is 79.9. The largest absolute Gasteiger partial charge is 0.490 e. The second-order valence-corrected chi connectivity index (χ2v) is 5.73. The zero-order valence-electron chi connectivity index (χ0n) is 11.6. The van der Waals surface area contributed by atoms with Gasteiger partial charge in [-0.25, -0.2) is 0 Å². The van der Waals surface area contributed by atoms with Crippen LogP contribution in [0.25, 0.3) is 0 Å². The minimum Gasteiger partial charge on any atom is -0.490 e. The lowest BCUT2D eigenvalue weighted by atomic mass is 10.2. The molecule has 2 aromatic rings. The molecule has 3 rings (SSSR count). The first kappa shape index (κ1) is 14.4. The van der Waals surface area contributed by atoms with Crippen LogP contribution < -0.4 is 14.8 Å². The van der Waals surface area contributed by atoms with E-state index in [1.165, 1.54) is 0 Å². The SMILES string of the molecule is Brc1cc(CNCc2ccccn2)cc2c1OCCCO2. The molecule has 0 saturated carbocycles. The van der Waals surface area contributed by atoms with Crippen molar-refractivity contribution in [3.63, 3.8) is 0 Å². The smallest absolute Gasteiger partial charge is 0.175 e. The molecule has 21 heavy (non-hydrogen) atoms. The number of rotatable bonds is 4. The van der Waals surface area contributed by atoms with E-state index in [4.69, 9.17) is 9.47 Å². The van der Waals surface area contributed by atoms with Gasteiger partial charge in [0.1, 0.15) is 0 Å². The van der Waals surface area contributed by atoms with E-state index in [1.807, 2.05) is 24.3 Å². The molecule has 0 radical (unpaired) electrons. The lowest BCUT2D eigenvalue weighted by molar-refractivity contribution is 0.296. The number of hydrogen-bond acceptors (Lipinski definition) is 4. The second kappa shape index (κ2) is 6.91. The topological polar surface area (TPSA) is 43.4 Å². The fourth-order valence-corrected chi connectivity index (χ4v) is 2.83. The summed E-state index contributed by atoms with van der Waals surface area (Å²) < 4.78 is 12.4. The molecule has 0 aliphatic carbocycles. The van der Waals surface area contributed by atoms with Crippen molar-refractivity contribution in [2.45, 2.75) is 19.5 Å². The summed E-state index contributed by atoms with van der Waals surface area (Å²) in [5, 5.41) is 3.39. The molecule has 0 spiro atoms. The van der Waals surface area contributed by atoms with Gasteiger partial charge in [0.15, 0.2) is 11.5 Å². The summed E-state index contributed by atoms with van der Waals surface area (Å²) in [6, 6.07) is 10.0. The van der Waals surface area contributed by atoms with Crippen molar-refractivity contribution < 1.29 is 9.47 Å². The van der Waals surface area contributed by atoms with E-state index < -0.39 is 0 Å². The molecule has 1 aliphatic rings. The lowest BCUT2D eigenvalue weighted by Crippen LogP contribution is -2.13. The number of nitrogens with zero attached hydrogens (tertiary/aromatic N) is 1. The number of benzene rings is 1. The minimum absolute atomic E-state index is 0.697. The van der Waals surface area contributed by atoms with Crippen molar-refractivity contribution >= 4 is 15.9 Å². The van der Waals surface area contributed by atoms with Crippen molar-refractivity contribution in [2.24, 2.45) is 0 Å². The van der Waals surface area contributed by atoms with Crippen molar-refractivity contribution in [1.29, 1.82) is 0 Å². The van der Waals surface area contributed by atoms with Gasteiger partial charge in [-0.3, -0.25) is 4.98 Å². The quantitative estimate of drug-likeness (QED) is 0.920. The van der Waals surface area contributed by atoms with E-state index in [-0.39, 0.29) is 0 Å². The molecule has 4 nitrogen and oxygen atoms in total. The van der Waals surface area contributed by atoms with Crippen LogP contribution in [0.4, 0.5) is 0 Å². The summed E-state index contributed by atoms with van der Waals surface area (Å²) in [6.07, 6.45) is 2.72. The zero-order chi connectivity index (χ0) is 14.5. The first-order valence-electron chi connectivity index (χ1n) is 7.01. The molecular formula is C16H17BrN2O2. The van der Waals surface area contributed by atoms with Gasteiger partial charge in [-0.05, 0) is 45.8 Å². The molecule has 0 saturated heterocycles. The maximum Gasteiger partial charge on any atom is 0.175 e. The molecule has 0 unspecified atom stereocenters. The first-order valence-corrected chi connectivity index (χ1v) is 7.81. The Morgan fingerprint density at radius 3 is 2.90 bits per heavy atom. The van der Waals surface area contributed by atoms with E-state index in [9.17, 15) is 0 Å². The van der Waals surface area contributed by atoms with Crippen molar-refractivity contribution in [2.75, 3.05) is 13.2 Å². The maximum absolute atomic E-state index is 5.74. The molecule has 5 heteroatoms. The lowest BCUT2D eigenvalue weighted by Gasteiger charge is -2.12. The maximum atomic E-state index is 5.74. The van der Waals surface area contributed by atoms with Crippen molar-refractivity contribution in [3.8, 4) is 11.5 Å². The molecule has 2 heterocycles. The summed E-state index contributed by atoms with van der Waals surface area (Å²) in [5.74, 6) is 1.62. The Bertz CT molecular complexity index is 605. The van der Waals surface area contributed by atoms with Crippen LogP contribution >= 0.6 is 15.9 Å². The fourth-order valence-electron chi connectivity index (χ4n) is 2.22. The summed E-state index contributed by atoms with van der Waals surface area (Å²) in [7, 11) is 0. The van der Waals surface area contributed by atoms with Gasteiger partial charge in [-0.1, -0.05) is 6.07 Å². The fraction of sp³-hybridized carbons (Fsp3) is 0.312. The van der Waals surface area contributed by atoms with Crippen LogP contribution in [0.3, 0.4) is 0 Å². The molecule has 0 bridgehead atoms. The predicted octanol–water partition coefficient (Wildman–Crippen LogP) is 3.30. The number of pyridine rings is 1.